The Bertz CT molecular complexity index is 989. The lowest BCUT2D eigenvalue weighted by Crippen LogP contribution is -2.23. The molecule has 0 aliphatic carbocycles. The summed E-state index contributed by atoms with van der Waals surface area (Å²) in [6.45, 7) is 0.508. The molecule has 0 unspecified atom stereocenters. The fourth-order valence-corrected chi connectivity index (χ4v) is 4.36. The van der Waals surface area contributed by atoms with Crippen LogP contribution in [0.25, 0.3) is 20.7 Å². The molecule has 0 spiro atoms. The number of amides is 1. The molecule has 0 radical (unpaired) electrons. The molecule has 4 rings (SSSR count). The molecule has 0 aliphatic heterocycles. The first-order valence-electron chi connectivity index (χ1n) is 7.55. The first-order chi connectivity index (χ1) is 11.8. The van der Waals surface area contributed by atoms with Crippen LogP contribution in [0.2, 0.25) is 0 Å². The molecule has 0 atom stereocenters. The molecule has 118 valence electrons. The first-order valence-corrected chi connectivity index (χ1v) is 9.31. The van der Waals surface area contributed by atoms with Crippen LogP contribution in [0.4, 0.5) is 0 Å². The van der Waals surface area contributed by atoms with Gasteiger partial charge in [0, 0.05) is 33.0 Å². The Morgan fingerprint density at radius 2 is 1.75 bits per heavy atom. The highest BCUT2D eigenvalue weighted by Gasteiger charge is 2.14. The number of carbonyl (C=O) groups excluding carboxylic acids is 1. The Morgan fingerprint density at radius 1 is 0.958 bits per heavy atom. The predicted octanol–water partition coefficient (Wildman–Crippen LogP) is 4.95. The van der Waals surface area contributed by atoms with E-state index in [2.05, 4.69) is 27.8 Å². The van der Waals surface area contributed by atoms with E-state index in [0.29, 0.717) is 12.2 Å². The Hall–Kier alpha value is -2.50. The van der Waals surface area contributed by atoms with Gasteiger partial charge in [0.25, 0.3) is 5.91 Å². The summed E-state index contributed by atoms with van der Waals surface area (Å²) < 4.78 is 1.23. The molecule has 2 heterocycles. The minimum absolute atomic E-state index is 0.138. The highest BCUT2D eigenvalue weighted by Crippen LogP contribution is 2.35. The van der Waals surface area contributed by atoms with Gasteiger partial charge in [0.05, 0.1) is 0 Å². The maximum atomic E-state index is 12.3. The average molecular weight is 350 g/mol. The van der Waals surface area contributed by atoms with Gasteiger partial charge in [-0.15, -0.1) is 22.7 Å². The summed E-state index contributed by atoms with van der Waals surface area (Å²) in [5, 5.41) is 8.92. The zero-order chi connectivity index (χ0) is 16.4. The van der Waals surface area contributed by atoms with E-state index in [1.54, 1.807) is 11.3 Å². The third-order valence-electron chi connectivity index (χ3n) is 3.74. The lowest BCUT2D eigenvalue weighted by Gasteiger charge is -2.02. The topological polar surface area (TPSA) is 42.0 Å². The lowest BCUT2D eigenvalue weighted by atomic mass is 10.2. The average Bonchev–Trinajstić information content (AvgIpc) is 3.27. The van der Waals surface area contributed by atoms with Crippen LogP contribution in [0.1, 0.15) is 16.1 Å². The third kappa shape index (κ3) is 2.96. The van der Waals surface area contributed by atoms with E-state index in [1.165, 1.54) is 21.4 Å². The van der Waals surface area contributed by atoms with E-state index in [4.69, 9.17) is 0 Å². The summed E-state index contributed by atoms with van der Waals surface area (Å²) in [6.07, 6.45) is 0. The molecule has 0 saturated heterocycles. The van der Waals surface area contributed by atoms with Crippen molar-refractivity contribution in [2.75, 3.05) is 0 Å². The molecule has 0 aliphatic rings. The Labute approximate surface area is 147 Å². The minimum Gasteiger partial charge on any atom is -0.347 e. The summed E-state index contributed by atoms with van der Waals surface area (Å²) in [4.78, 5) is 16.8. The van der Waals surface area contributed by atoms with Gasteiger partial charge >= 0.3 is 0 Å². The van der Waals surface area contributed by atoms with Gasteiger partial charge in [0.15, 0.2) is 0 Å². The van der Waals surface area contributed by atoms with Gasteiger partial charge < -0.3 is 5.32 Å². The van der Waals surface area contributed by atoms with Gasteiger partial charge in [-0.2, -0.15) is 0 Å². The van der Waals surface area contributed by atoms with Gasteiger partial charge in [-0.3, -0.25) is 4.79 Å². The number of hydrogen-bond acceptors (Lipinski definition) is 4. The molecular formula is C19H14N2OS2. The highest BCUT2D eigenvalue weighted by atomic mass is 32.1. The fourth-order valence-electron chi connectivity index (χ4n) is 2.51. The van der Waals surface area contributed by atoms with Crippen LogP contribution in [0, 0.1) is 0 Å². The van der Waals surface area contributed by atoms with E-state index in [-0.39, 0.29) is 5.91 Å². The normalized spacial score (nSPS) is 10.8. The second kappa shape index (κ2) is 6.55. The Kier molecular flexibility index (Phi) is 4.11. The summed E-state index contributed by atoms with van der Waals surface area (Å²) in [5.41, 5.74) is 2.65. The van der Waals surface area contributed by atoms with Crippen molar-refractivity contribution >= 4 is 38.7 Å². The second-order valence-corrected chi connectivity index (χ2v) is 7.12. The molecule has 0 saturated carbocycles. The SMILES string of the molecule is O=C(NCc1ccccc1)c1csc(-c2csc3ccccc23)n1. The molecule has 4 aromatic rings. The van der Waals surface area contributed by atoms with Crippen molar-refractivity contribution in [2.24, 2.45) is 0 Å². The van der Waals surface area contributed by atoms with Crippen molar-refractivity contribution < 1.29 is 4.79 Å². The molecule has 2 aromatic heterocycles. The predicted molar refractivity (Wildman–Crippen MR) is 101 cm³/mol. The molecule has 1 amide bonds. The molecule has 24 heavy (non-hydrogen) atoms. The number of thiophene rings is 1. The van der Waals surface area contributed by atoms with Crippen molar-refractivity contribution in [3.63, 3.8) is 0 Å². The Morgan fingerprint density at radius 3 is 2.62 bits per heavy atom. The highest BCUT2D eigenvalue weighted by molar-refractivity contribution is 7.19. The molecule has 0 fully saturated rings. The standard InChI is InChI=1S/C19H14N2OS2/c22-18(20-10-13-6-2-1-3-7-13)16-12-24-19(21-16)15-11-23-17-9-5-4-8-14(15)17/h1-9,11-12H,10H2,(H,20,22). The number of carbonyl (C=O) groups is 1. The van der Waals surface area contributed by atoms with Gasteiger partial charge in [-0.05, 0) is 11.6 Å². The van der Waals surface area contributed by atoms with E-state index >= 15 is 0 Å². The number of nitrogens with one attached hydrogen (secondary N) is 1. The van der Waals surface area contributed by atoms with E-state index < -0.39 is 0 Å². The smallest absolute Gasteiger partial charge is 0.271 e. The number of benzene rings is 2. The van der Waals surface area contributed by atoms with Gasteiger partial charge in [0.2, 0.25) is 0 Å². The third-order valence-corrected chi connectivity index (χ3v) is 5.58. The number of rotatable bonds is 4. The molecule has 0 bridgehead atoms. The van der Waals surface area contributed by atoms with Crippen LogP contribution >= 0.6 is 22.7 Å². The fraction of sp³-hybridized carbons (Fsp3) is 0.0526. The maximum absolute atomic E-state index is 12.3. The largest absolute Gasteiger partial charge is 0.347 e. The summed E-state index contributed by atoms with van der Waals surface area (Å²) in [6, 6.07) is 18.1. The van der Waals surface area contributed by atoms with Crippen molar-refractivity contribution in [3.8, 4) is 10.6 Å². The van der Waals surface area contributed by atoms with Crippen LogP contribution in [0.15, 0.2) is 65.4 Å². The van der Waals surface area contributed by atoms with Crippen LogP contribution in [-0.4, -0.2) is 10.9 Å². The second-order valence-electron chi connectivity index (χ2n) is 5.35. The molecule has 1 N–H and O–H groups in total. The summed E-state index contributed by atoms with van der Waals surface area (Å²) in [5.74, 6) is -0.138. The Balaban J connectivity index is 1.53. The summed E-state index contributed by atoms with van der Waals surface area (Å²) in [7, 11) is 0. The number of thiazole rings is 1. The monoisotopic (exact) mass is 350 g/mol. The van der Waals surface area contributed by atoms with Gasteiger partial charge in [0.1, 0.15) is 10.7 Å². The van der Waals surface area contributed by atoms with E-state index in [1.807, 2.05) is 47.8 Å². The zero-order valence-corrected chi connectivity index (χ0v) is 14.4. The molecular weight excluding hydrogens is 336 g/mol. The first kappa shape index (κ1) is 15.1. The van der Waals surface area contributed by atoms with Gasteiger partial charge in [-0.25, -0.2) is 4.98 Å². The van der Waals surface area contributed by atoms with Crippen molar-refractivity contribution in [3.05, 3.63) is 76.6 Å². The number of aromatic nitrogens is 1. The number of nitrogens with zero attached hydrogens (tertiary/aromatic N) is 1. The van der Waals surface area contributed by atoms with Crippen LogP contribution < -0.4 is 5.32 Å². The summed E-state index contributed by atoms with van der Waals surface area (Å²) >= 11 is 3.21. The van der Waals surface area contributed by atoms with E-state index in [0.717, 1.165) is 16.1 Å². The van der Waals surface area contributed by atoms with Crippen molar-refractivity contribution in [1.29, 1.82) is 0 Å². The van der Waals surface area contributed by atoms with Crippen LogP contribution in [0.5, 0.6) is 0 Å². The number of hydrogen-bond donors (Lipinski definition) is 1. The molecule has 3 nitrogen and oxygen atoms in total. The van der Waals surface area contributed by atoms with Gasteiger partial charge in [-0.1, -0.05) is 48.5 Å². The number of fused-ring (bicyclic) bond motifs is 1. The molecule has 2 aromatic carbocycles. The zero-order valence-electron chi connectivity index (χ0n) is 12.7. The lowest BCUT2D eigenvalue weighted by molar-refractivity contribution is 0.0946. The maximum Gasteiger partial charge on any atom is 0.271 e. The molecule has 5 heteroatoms. The minimum atomic E-state index is -0.138. The quantitative estimate of drug-likeness (QED) is 0.565. The van der Waals surface area contributed by atoms with Crippen molar-refractivity contribution in [2.45, 2.75) is 6.54 Å². The van der Waals surface area contributed by atoms with E-state index in [9.17, 15) is 4.79 Å². The van der Waals surface area contributed by atoms with Crippen LogP contribution in [0.3, 0.4) is 0 Å². The van der Waals surface area contributed by atoms with Crippen molar-refractivity contribution in [1.82, 2.24) is 10.3 Å². The van der Waals surface area contributed by atoms with Crippen LogP contribution in [-0.2, 0) is 6.54 Å².